The Bertz CT molecular complexity index is 236. The number of ether oxygens (including phenoxy) is 1. The van der Waals surface area contributed by atoms with Crippen LogP contribution >= 0.6 is 11.6 Å². The fraction of sp³-hybridized carbons (Fsp3) is 0.900. The van der Waals surface area contributed by atoms with Gasteiger partial charge in [-0.05, 0) is 33.6 Å². The van der Waals surface area contributed by atoms with Crippen LogP contribution in [0.25, 0.3) is 0 Å². The zero-order chi connectivity index (χ0) is 11.9. The van der Waals surface area contributed by atoms with E-state index in [1.54, 1.807) is 7.11 Å². The van der Waals surface area contributed by atoms with Crippen LogP contribution in [0.2, 0.25) is 0 Å². The molecule has 0 spiro atoms. The highest BCUT2D eigenvalue weighted by atomic mass is 35.5. The second-order valence-corrected chi connectivity index (χ2v) is 6.48. The molecule has 0 aliphatic heterocycles. The van der Waals surface area contributed by atoms with E-state index in [9.17, 15) is 4.21 Å². The van der Waals surface area contributed by atoms with Crippen LogP contribution in [0.15, 0.2) is 4.40 Å². The normalized spacial score (nSPS) is 15.1. The summed E-state index contributed by atoms with van der Waals surface area (Å²) in [5.41, 5.74) is 0. The van der Waals surface area contributed by atoms with Crippen molar-refractivity contribution < 1.29 is 8.95 Å². The third kappa shape index (κ3) is 6.90. The highest BCUT2D eigenvalue weighted by Crippen LogP contribution is 2.13. The van der Waals surface area contributed by atoms with Crippen molar-refractivity contribution in [2.24, 2.45) is 4.40 Å². The van der Waals surface area contributed by atoms with Crippen LogP contribution in [0, 0.1) is 0 Å². The van der Waals surface area contributed by atoms with Gasteiger partial charge in [0.15, 0.2) is 5.90 Å². The first-order chi connectivity index (χ1) is 6.91. The summed E-state index contributed by atoms with van der Waals surface area (Å²) in [5, 5.41) is 0. The lowest BCUT2D eigenvalue weighted by Crippen LogP contribution is -2.21. The summed E-state index contributed by atoms with van der Waals surface area (Å²) in [6.07, 6.45) is 2.54. The maximum Gasteiger partial charge on any atom is 0.197 e. The second kappa shape index (κ2) is 7.23. The summed E-state index contributed by atoms with van der Waals surface area (Å²) >= 11 is 5.57. The lowest BCUT2D eigenvalue weighted by Gasteiger charge is -2.14. The van der Waals surface area contributed by atoms with Crippen molar-refractivity contribution in [3.8, 4) is 0 Å². The lowest BCUT2D eigenvalue weighted by atomic mass is 10.2. The predicted molar refractivity (Wildman–Crippen MR) is 66.9 cm³/mol. The SMILES string of the molecule is CO/C(CCCCCl)=N\S(=O)C(C)(C)C. The molecule has 0 amide bonds. The summed E-state index contributed by atoms with van der Waals surface area (Å²) in [5.74, 6) is 1.19. The molecule has 0 radical (unpaired) electrons. The Kier molecular flexibility index (Phi) is 7.18. The maximum atomic E-state index is 11.7. The van der Waals surface area contributed by atoms with Crippen LogP contribution in [0.5, 0.6) is 0 Å². The van der Waals surface area contributed by atoms with Crippen LogP contribution in [0.3, 0.4) is 0 Å². The Morgan fingerprint density at radius 3 is 2.40 bits per heavy atom. The van der Waals surface area contributed by atoms with Gasteiger partial charge in [0.2, 0.25) is 0 Å². The standard InChI is InChI=1S/C10H20ClNO2S/c1-10(2,3)15(13)12-9(14-4)7-5-6-8-11/h5-8H2,1-4H3/b12-9-. The van der Waals surface area contributed by atoms with E-state index in [1.807, 2.05) is 20.8 Å². The monoisotopic (exact) mass is 253 g/mol. The number of halogens is 1. The first kappa shape index (κ1) is 14.9. The Hall–Kier alpha value is -0.0900. The average Bonchev–Trinajstić information content (AvgIpc) is 2.14. The van der Waals surface area contributed by atoms with Crippen molar-refractivity contribution in [3.63, 3.8) is 0 Å². The zero-order valence-corrected chi connectivity index (χ0v) is 11.5. The number of methoxy groups -OCH3 is 1. The van der Waals surface area contributed by atoms with Crippen LogP contribution in [-0.4, -0.2) is 27.8 Å². The van der Waals surface area contributed by atoms with E-state index in [4.69, 9.17) is 16.3 Å². The minimum absolute atomic E-state index is 0.337. The average molecular weight is 254 g/mol. The Morgan fingerprint density at radius 2 is 2.00 bits per heavy atom. The third-order valence-corrected chi connectivity index (χ3v) is 3.40. The van der Waals surface area contributed by atoms with Crippen molar-refractivity contribution in [1.29, 1.82) is 0 Å². The number of hydrogen-bond donors (Lipinski definition) is 0. The molecule has 1 unspecified atom stereocenters. The molecule has 0 aromatic heterocycles. The molecule has 15 heavy (non-hydrogen) atoms. The molecule has 0 saturated carbocycles. The van der Waals surface area contributed by atoms with Crippen LogP contribution in [0.4, 0.5) is 0 Å². The van der Waals surface area contributed by atoms with E-state index >= 15 is 0 Å². The molecule has 0 N–H and O–H groups in total. The molecule has 0 aliphatic rings. The van der Waals surface area contributed by atoms with Crippen molar-refractivity contribution in [3.05, 3.63) is 0 Å². The fourth-order valence-electron chi connectivity index (χ4n) is 0.785. The minimum atomic E-state index is -1.24. The molecule has 0 aromatic carbocycles. The Labute approximate surface area is 99.8 Å². The van der Waals surface area contributed by atoms with Gasteiger partial charge in [-0.2, -0.15) is 4.40 Å². The molecule has 0 aliphatic carbocycles. The summed E-state index contributed by atoms with van der Waals surface area (Å²) in [6.45, 7) is 5.66. The number of alkyl halides is 1. The summed E-state index contributed by atoms with van der Waals surface area (Å²) in [7, 11) is 0.312. The summed E-state index contributed by atoms with van der Waals surface area (Å²) in [4.78, 5) is 0. The van der Waals surface area contributed by atoms with Crippen LogP contribution < -0.4 is 0 Å². The van der Waals surface area contributed by atoms with Gasteiger partial charge in [0, 0.05) is 12.3 Å². The predicted octanol–water partition coefficient (Wildman–Crippen LogP) is 2.90. The molecule has 0 rings (SSSR count). The molecule has 5 heteroatoms. The maximum absolute atomic E-state index is 11.7. The first-order valence-electron chi connectivity index (χ1n) is 5.01. The quantitative estimate of drug-likeness (QED) is 0.327. The number of unbranched alkanes of at least 4 members (excludes halogenated alkanes) is 1. The Balaban J connectivity index is 4.27. The lowest BCUT2D eigenvalue weighted by molar-refractivity contribution is 0.389. The van der Waals surface area contributed by atoms with Crippen molar-refractivity contribution in [2.75, 3.05) is 13.0 Å². The van der Waals surface area contributed by atoms with Gasteiger partial charge in [0.1, 0.15) is 11.0 Å². The molecular formula is C10H20ClNO2S. The highest BCUT2D eigenvalue weighted by Gasteiger charge is 2.19. The largest absolute Gasteiger partial charge is 0.484 e. The molecular weight excluding hydrogens is 234 g/mol. The molecule has 90 valence electrons. The first-order valence-corrected chi connectivity index (χ1v) is 6.65. The number of hydrogen-bond acceptors (Lipinski definition) is 2. The van der Waals surface area contributed by atoms with Gasteiger partial charge < -0.3 is 4.74 Å². The van der Waals surface area contributed by atoms with Gasteiger partial charge in [-0.15, -0.1) is 11.6 Å². The van der Waals surface area contributed by atoms with E-state index in [-0.39, 0.29) is 4.75 Å². The number of nitrogens with zero attached hydrogens (tertiary/aromatic N) is 1. The van der Waals surface area contributed by atoms with Crippen molar-refractivity contribution in [1.82, 2.24) is 0 Å². The molecule has 0 aromatic rings. The molecule has 0 fully saturated rings. The molecule has 1 atom stereocenters. The van der Waals surface area contributed by atoms with Crippen LogP contribution in [-0.2, 0) is 15.7 Å². The van der Waals surface area contributed by atoms with Gasteiger partial charge >= 0.3 is 0 Å². The van der Waals surface area contributed by atoms with E-state index < -0.39 is 11.0 Å². The summed E-state index contributed by atoms with van der Waals surface area (Å²) in [6, 6.07) is 0. The zero-order valence-electron chi connectivity index (χ0n) is 9.88. The van der Waals surface area contributed by atoms with Crippen molar-refractivity contribution in [2.45, 2.75) is 44.8 Å². The number of rotatable bonds is 5. The van der Waals surface area contributed by atoms with Gasteiger partial charge in [-0.3, -0.25) is 0 Å². The summed E-state index contributed by atoms with van der Waals surface area (Å²) < 4.78 is 20.5. The van der Waals surface area contributed by atoms with Crippen molar-refractivity contribution >= 4 is 28.5 Å². The second-order valence-electron chi connectivity index (χ2n) is 4.20. The van der Waals surface area contributed by atoms with E-state index in [2.05, 4.69) is 4.40 Å². The van der Waals surface area contributed by atoms with Gasteiger partial charge in [-0.1, -0.05) is 0 Å². The molecule has 0 saturated heterocycles. The third-order valence-electron chi connectivity index (χ3n) is 1.72. The minimum Gasteiger partial charge on any atom is -0.484 e. The smallest absolute Gasteiger partial charge is 0.197 e. The fourth-order valence-corrected chi connectivity index (χ4v) is 1.60. The topological polar surface area (TPSA) is 38.7 Å². The Morgan fingerprint density at radius 1 is 1.40 bits per heavy atom. The molecule has 3 nitrogen and oxygen atoms in total. The van der Waals surface area contributed by atoms with Gasteiger partial charge in [-0.25, -0.2) is 4.21 Å². The van der Waals surface area contributed by atoms with Gasteiger partial charge in [0.25, 0.3) is 0 Å². The molecule has 0 heterocycles. The molecule has 0 bridgehead atoms. The van der Waals surface area contributed by atoms with Crippen LogP contribution in [0.1, 0.15) is 40.0 Å². The van der Waals surface area contributed by atoms with E-state index in [0.29, 0.717) is 18.2 Å². The van der Waals surface area contributed by atoms with E-state index in [0.717, 1.165) is 12.8 Å². The highest BCUT2D eigenvalue weighted by molar-refractivity contribution is 7.85. The van der Waals surface area contributed by atoms with E-state index in [1.165, 1.54) is 0 Å². The van der Waals surface area contributed by atoms with Gasteiger partial charge in [0.05, 0.1) is 11.9 Å².